The van der Waals surface area contributed by atoms with Crippen LogP contribution in [0.1, 0.15) is 31.7 Å². The second-order valence-electron chi connectivity index (χ2n) is 5.01. The molecule has 3 nitrogen and oxygen atoms in total. The Bertz CT molecular complexity index is 419. The summed E-state index contributed by atoms with van der Waals surface area (Å²) in [4.78, 5) is 13.3. The molecule has 1 aliphatic heterocycles. The zero-order valence-corrected chi connectivity index (χ0v) is 12.9. The number of piperidine rings is 1. The Morgan fingerprint density at radius 1 is 1.37 bits per heavy atom. The normalized spacial score (nSPS) is 23.1. The highest BCUT2D eigenvalue weighted by molar-refractivity contribution is 9.10. The number of likely N-dealkylation sites (tertiary alicyclic amines) is 1. The maximum absolute atomic E-state index is 12.0. The average Bonchev–Trinajstić information content (AvgIpc) is 2.42. The van der Waals surface area contributed by atoms with Gasteiger partial charge in [0, 0.05) is 16.5 Å². The molecule has 1 heterocycles. The molecule has 0 radical (unpaired) electrons. The van der Waals surface area contributed by atoms with Crippen LogP contribution in [0.15, 0.2) is 28.7 Å². The quantitative estimate of drug-likeness (QED) is 0.857. The predicted molar refractivity (Wildman–Crippen MR) is 77.9 cm³/mol. The van der Waals surface area contributed by atoms with E-state index in [4.69, 9.17) is 4.74 Å². The number of esters is 1. The summed E-state index contributed by atoms with van der Waals surface area (Å²) in [7, 11) is 0. The number of nitrogens with one attached hydrogen (secondary N) is 1. The lowest BCUT2D eigenvalue weighted by molar-refractivity contribution is -0.935. The Kier molecular flexibility index (Phi) is 5.40. The smallest absolute Gasteiger partial charge is 0.364 e. The Labute approximate surface area is 123 Å². The standard InChI is InChI=1S/C15H20BrNO2/c1-2-19-15(18)14-5-3-4-10-17(14)11-12-6-8-13(16)9-7-12/h6-9,14H,2-5,10-11H2,1H3/p+1/t14-/m1/s1. The van der Waals surface area contributed by atoms with Crippen molar-refractivity contribution in [3.8, 4) is 0 Å². The molecule has 1 aliphatic rings. The highest BCUT2D eigenvalue weighted by atomic mass is 79.9. The molecule has 0 aromatic heterocycles. The van der Waals surface area contributed by atoms with Crippen molar-refractivity contribution in [2.45, 2.75) is 38.8 Å². The van der Waals surface area contributed by atoms with E-state index in [1.54, 1.807) is 0 Å². The summed E-state index contributed by atoms with van der Waals surface area (Å²) < 4.78 is 6.29. The number of hydrogen-bond donors (Lipinski definition) is 1. The molecule has 0 spiro atoms. The molecule has 1 unspecified atom stereocenters. The van der Waals surface area contributed by atoms with Crippen LogP contribution in [0.3, 0.4) is 0 Å². The van der Waals surface area contributed by atoms with Crippen molar-refractivity contribution in [3.05, 3.63) is 34.3 Å². The van der Waals surface area contributed by atoms with Crippen LogP contribution < -0.4 is 4.90 Å². The molecule has 0 amide bonds. The molecule has 0 saturated carbocycles. The monoisotopic (exact) mass is 326 g/mol. The van der Waals surface area contributed by atoms with E-state index in [9.17, 15) is 4.79 Å². The van der Waals surface area contributed by atoms with Crippen LogP contribution in [-0.4, -0.2) is 25.2 Å². The summed E-state index contributed by atoms with van der Waals surface area (Å²) in [6.07, 6.45) is 3.28. The molecule has 104 valence electrons. The molecule has 0 aliphatic carbocycles. The lowest BCUT2D eigenvalue weighted by Gasteiger charge is -2.30. The molecule has 4 heteroatoms. The Hall–Kier alpha value is -0.870. The minimum atomic E-state index is -0.0330. The van der Waals surface area contributed by atoms with E-state index in [1.807, 2.05) is 6.92 Å². The number of benzene rings is 1. The molecule has 0 bridgehead atoms. The third-order valence-corrected chi connectivity index (χ3v) is 4.18. The maximum atomic E-state index is 12.0. The summed E-state index contributed by atoms with van der Waals surface area (Å²) in [5.41, 5.74) is 1.27. The topological polar surface area (TPSA) is 30.7 Å². The van der Waals surface area contributed by atoms with Gasteiger partial charge in [0.15, 0.2) is 6.04 Å². The van der Waals surface area contributed by atoms with Crippen LogP contribution in [0.2, 0.25) is 0 Å². The molecule has 1 saturated heterocycles. The predicted octanol–water partition coefficient (Wildman–Crippen LogP) is 1.95. The van der Waals surface area contributed by atoms with Gasteiger partial charge in [0.2, 0.25) is 0 Å². The van der Waals surface area contributed by atoms with Gasteiger partial charge in [-0.1, -0.05) is 28.1 Å². The maximum Gasteiger partial charge on any atom is 0.364 e. The van der Waals surface area contributed by atoms with Crippen LogP contribution in [0, 0.1) is 0 Å². The lowest BCUT2D eigenvalue weighted by Crippen LogP contribution is -3.16. The fourth-order valence-corrected chi connectivity index (χ4v) is 2.95. The van der Waals surface area contributed by atoms with Crippen molar-refractivity contribution >= 4 is 21.9 Å². The van der Waals surface area contributed by atoms with Gasteiger partial charge in [0.05, 0.1) is 13.2 Å². The van der Waals surface area contributed by atoms with E-state index in [0.29, 0.717) is 6.61 Å². The van der Waals surface area contributed by atoms with Crippen molar-refractivity contribution < 1.29 is 14.4 Å². The average molecular weight is 327 g/mol. The van der Waals surface area contributed by atoms with Gasteiger partial charge in [0.25, 0.3) is 0 Å². The van der Waals surface area contributed by atoms with Gasteiger partial charge < -0.3 is 9.64 Å². The van der Waals surface area contributed by atoms with Crippen molar-refractivity contribution in [2.24, 2.45) is 0 Å². The first-order valence-corrected chi connectivity index (χ1v) is 7.75. The number of hydrogen-bond acceptors (Lipinski definition) is 2. The van der Waals surface area contributed by atoms with Crippen LogP contribution >= 0.6 is 15.9 Å². The molecule has 1 aromatic carbocycles. The Morgan fingerprint density at radius 3 is 2.79 bits per heavy atom. The second kappa shape index (κ2) is 7.06. The molecular formula is C15H21BrNO2+. The van der Waals surface area contributed by atoms with Gasteiger partial charge in [0.1, 0.15) is 6.54 Å². The van der Waals surface area contributed by atoms with Gasteiger partial charge in [-0.25, -0.2) is 4.79 Å². The minimum absolute atomic E-state index is 0.0114. The van der Waals surface area contributed by atoms with Gasteiger partial charge in [-0.05, 0) is 31.9 Å². The van der Waals surface area contributed by atoms with E-state index >= 15 is 0 Å². The number of ether oxygens (including phenoxy) is 1. The highest BCUT2D eigenvalue weighted by Crippen LogP contribution is 2.11. The zero-order chi connectivity index (χ0) is 13.7. The third kappa shape index (κ3) is 4.05. The van der Waals surface area contributed by atoms with E-state index in [-0.39, 0.29) is 12.0 Å². The molecular weight excluding hydrogens is 306 g/mol. The van der Waals surface area contributed by atoms with Crippen LogP contribution in [0.5, 0.6) is 0 Å². The number of halogens is 1. The SMILES string of the molecule is CCOC(=O)[C@H]1CCCC[NH+]1Cc1ccc(Br)cc1. The van der Waals surface area contributed by atoms with Gasteiger partial charge in [-0.15, -0.1) is 0 Å². The van der Waals surface area contributed by atoms with E-state index in [2.05, 4.69) is 40.2 Å². The van der Waals surface area contributed by atoms with E-state index in [0.717, 1.165) is 30.4 Å². The number of rotatable bonds is 4. The van der Waals surface area contributed by atoms with Gasteiger partial charge >= 0.3 is 5.97 Å². The molecule has 1 aromatic rings. The van der Waals surface area contributed by atoms with Crippen molar-refractivity contribution in [1.29, 1.82) is 0 Å². The second-order valence-corrected chi connectivity index (χ2v) is 5.93. The fourth-order valence-electron chi connectivity index (χ4n) is 2.68. The minimum Gasteiger partial charge on any atom is -0.462 e. The summed E-state index contributed by atoms with van der Waals surface area (Å²) >= 11 is 3.45. The largest absolute Gasteiger partial charge is 0.462 e. The van der Waals surface area contributed by atoms with Crippen molar-refractivity contribution in [3.63, 3.8) is 0 Å². The summed E-state index contributed by atoms with van der Waals surface area (Å²) in [5, 5.41) is 0. The van der Waals surface area contributed by atoms with Gasteiger partial charge in [-0.2, -0.15) is 0 Å². The first-order chi connectivity index (χ1) is 9.20. The van der Waals surface area contributed by atoms with Crippen LogP contribution in [0.4, 0.5) is 0 Å². The summed E-state index contributed by atoms with van der Waals surface area (Å²) in [5.74, 6) is -0.0330. The number of carbonyl (C=O) groups is 1. The summed E-state index contributed by atoms with van der Waals surface area (Å²) in [6.45, 7) is 4.30. The Balaban J connectivity index is 2.03. The van der Waals surface area contributed by atoms with Crippen molar-refractivity contribution in [2.75, 3.05) is 13.2 Å². The highest BCUT2D eigenvalue weighted by Gasteiger charge is 2.33. The molecule has 1 N–H and O–H groups in total. The summed E-state index contributed by atoms with van der Waals surface area (Å²) in [6, 6.07) is 8.36. The van der Waals surface area contributed by atoms with E-state index < -0.39 is 0 Å². The van der Waals surface area contributed by atoms with Gasteiger partial charge in [-0.3, -0.25) is 0 Å². The number of quaternary nitrogens is 1. The first kappa shape index (κ1) is 14.5. The Morgan fingerprint density at radius 2 is 2.11 bits per heavy atom. The fraction of sp³-hybridized carbons (Fsp3) is 0.533. The van der Waals surface area contributed by atoms with E-state index in [1.165, 1.54) is 16.9 Å². The number of carbonyl (C=O) groups excluding carboxylic acids is 1. The van der Waals surface area contributed by atoms with Crippen molar-refractivity contribution in [1.82, 2.24) is 0 Å². The molecule has 2 rings (SSSR count). The first-order valence-electron chi connectivity index (χ1n) is 6.96. The zero-order valence-electron chi connectivity index (χ0n) is 11.3. The molecule has 19 heavy (non-hydrogen) atoms. The lowest BCUT2D eigenvalue weighted by atomic mass is 10.0. The van der Waals surface area contributed by atoms with Crippen LogP contribution in [-0.2, 0) is 16.1 Å². The van der Waals surface area contributed by atoms with Crippen LogP contribution in [0.25, 0.3) is 0 Å². The molecule has 1 fully saturated rings. The third-order valence-electron chi connectivity index (χ3n) is 3.65. The molecule has 2 atom stereocenters.